The van der Waals surface area contributed by atoms with Gasteiger partial charge in [-0.2, -0.15) is 0 Å². The molecule has 3 aromatic rings. The van der Waals surface area contributed by atoms with Crippen molar-refractivity contribution in [2.24, 2.45) is 0 Å². The van der Waals surface area contributed by atoms with E-state index in [1.807, 2.05) is 48.7 Å². The van der Waals surface area contributed by atoms with Crippen LogP contribution in [0.15, 0.2) is 60.8 Å². The molecular formula is C16H13ClN2. The van der Waals surface area contributed by atoms with Crippen LogP contribution in [0, 0.1) is 0 Å². The molecule has 1 N–H and O–H groups in total. The molecule has 1 aromatic heterocycles. The number of nitrogens with one attached hydrogen (secondary N) is 1. The topological polar surface area (TPSA) is 24.9 Å². The van der Waals surface area contributed by atoms with Gasteiger partial charge in [-0.15, -0.1) is 11.6 Å². The molecule has 0 aliphatic carbocycles. The number of rotatable bonds is 3. The number of alkyl halides is 1. The van der Waals surface area contributed by atoms with E-state index in [2.05, 4.69) is 22.4 Å². The summed E-state index contributed by atoms with van der Waals surface area (Å²) in [6, 6.07) is 18.3. The molecule has 0 aliphatic heterocycles. The Kier molecular flexibility index (Phi) is 3.34. The Labute approximate surface area is 117 Å². The predicted octanol–water partition coefficient (Wildman–Crippen LogP) is 4.72. The van der Waals surface area contributed by atoms with E-state index in [0.717, 1.165) is 22.5 Å². The number of anilines is 2. The van der Waals surface area contributed by atoms with Crippen molar-refractivity contribution < 1.29 is 0 Å². The van der Waals surface area contributed by atoms with Gasteiger partial charge in [0.05, 0.1) is 0 Å². The van der Waals surface area contributed by atoms with Gasteiger partial charge < -0.3 is 5.32 Å². The fraction of sp³-hybridized carbons (Fsp3) is 0.0625. The van der Waals surface area contributed by atoms with E-state index in [-0.39, 0.29) is 0 Å². The maximum atomic E-state index is 5.85. The first-order valence-corrected chi connectivity index (χ1v) is 6.66. The Hall–Kier alpha value is -2.06. The smallest absolute Gasteiger partial charge is 0.138 e. The van der Waals surface area contributed by atoms with Crippen molar-refractivity contribution in [2.45, 2.75) is 5.88 Å². The van der Waals surface area contributed by atoms with Gasteiger partial charge in [-0.25, -0.2) is 4.98 Å². The lowest BCUT2D eigenvalue weighted by molar-refractivity contribution is 1.33. The quantitative estimate of drug-likeness (QED) is 0.696. The molecule has 19 heavy (non-hydrogen) atoms. The van der Waals surface area contributed by atoms with Crippen molar-refractivity contribution in [3.05, 3.63) is 66.4 Å². The number of nitrogens with zero attached hydrogens (tertiary/aromatic N) is 1. The van der Waals surface area contributed by atoms with Crippen LogP contribution in [0.5, 0.6) is 0 Å². The van der Waals surface area contributed by atoms with Gasteiger partial charge in [-0.1, -0.05) is 36.4 Å². The maximum Gasteiger partial charge on any atom is 0.138 e. The highest BCUT2D eigenvalue weighted by molar-refractivity contribution is 6.17. The van der Waals surface area contributed by atoms with E-state index in [1.165, 1.54) is 5.39 Å². The molecule has 0 spiro atoms. The molecule has 1 heterocycles. The summed E-state index contributed by atoms with van der Waals surface area (Å²) in [4.78, 5) is 4.41. The molecular weight excluding hydrogens is 256 g/mol. The van der Waals surface area contributed by atoms with Gasteiger partial charge in [0.2, 0.25) is 0 Å². The summed E-state index contributed by atoms with van der Waals surface area (Å²) in [5, 5.41) is 5.64. The lowest BCUT2D eigenvalue weighted by Crippen LogP contribution is -1.95. The predicted molar refractivity (Wildman–Crippen MR) is 81.0 cm³/mol. The fourth-order valence-corrected chi connectivity index (χ4v) is 2.25. The zero-order valence-corrected chi connectivity index (χ0v) is 11.1. The zero-order chi connectivity index (χ0) is 13.1. The van der Waals surface area contributed by atoms with Crippen molar-refractivity contribution in [2.75, 3.05) is 5.32 Å². The van der Waals surface area contributed by atoms with Gasteiger partial charge in [0, 0.05) is 23.2 Å². The molecule has 0 fully saturated rings. The standard InChI is InChI=1S/C16H13ClN2/c17-11-12-4-3-6-14(10-12)19-16-15-7-2-1-5-13(15)8-9-18-16/h1-10H,11H2,(H,18,19). The van der Waals surface area contributed by atoms with E-state index >= 15 is 0 Å². The van der Waals surface area contributed by atoms with Crippen LogP contribution in [0.4, 0.5) is 11.5 Å². The fourth-order valence-electron chi connectivity index (χ4n) is 2.09. The first-order chi connectivity index (χ1) is 9.36. The summed E-state index contributed by atoms with van der Waals surface area (Å²) in [5.74, 6) is 1.38. The molecule has 0 aliphatic rings. The largest absolute Gasteiger partial charge is 0.340 e. The van der Waals surface area contributed by atoms with Crippen LogP contribution in [0.2, 0.25) is 0 Å². The van der Waals surface area contributed by atoms with Gasteiger partial charge in [-0.3, -0.25) is 0 Å². The third kappa shape index (κ3) is 2.54. The molecule has 0 bridgehead atoms. The monoisotopic (exact) mass is 268 g/mol. The lowest BCUT2D eigenvalue weighted by Gasteiger charge is -2.09. The normalized spacial score (nSPS) is 10.6. The van der Waals surface area contributed by atoms with Crippen molar-refractivity contribution in [3.8, 4) is 0 Å². The van der Waals surface area contributed by atoms with Crippen LogP contribution in [-0.2, 0) is 5.88 Å². The second-order valence-electron chi connectivity index (χ2n) is 4.34. The number of hydrogen-bond acceptors (Lipinski definition) is 2. The molecule has 0 saturated heterocycles. The van der Waals surface area contributed by atoms with E-state index in [1.54, 1.807) is 0 Å². The Balaban J connectivity index is 2.01. The Morgan fingerprint density at radius 3 is 2.79 bits per heavy atom. The molecule has 0 amide bonds. The zero-order valence-electron chi connectivity index (χ0n) is 10.3. The molecule has 0 unspecified atom stereocenters. The number of fused-ring (bicyclic) bond motifs is 1. The third-order valence-corrected chi connectivity index (χ3v) is 3.33. The molecule has 3 rings (SSSR count). The van der Waals surface area contributed by atoms with Crippen molar-refractivity contribution in [1.82, 2.24) is 4.98 Å². The van der Waals surface area contributed by atoms with Crippen LogP contribution in [0.25, 0.3) is 10.8 Å². The average molecular weight is 269 g/mol. The van der Waals surface area contributed by atoms with Gasteiger partial charge >= 0.3 is 0 Å². The molecule has 0 atom stereocenters. The molecule has 2 aromatic carbocycles. The van der Waals surface area contributed by atoms with Crippen LogP contribution in [0.3, 0.4) is 0 Å². The van der Waals surface area contributed by atoms with Crippen LogP contribution in [0.1, 0.15) is 5.56 Å². The molecule has 94 valence electrons. The van der Waals surface area contributed by atoms with Gasteiger partial charge in [-0.05, 0) is 29.1 Å². The number of benzene rings is 2. The number of hydrogen-bond donors (Lipinski definition) is 1. The number of aromatic nitrogens is 1. The lowest BCUT2D eigenvalue weighted by atomic mass is 10.1. The van der Waals surface area contributed by atoms with Gasteiger partial charge in [0.1, 0.15) is 5.82 Å². The van der Waals surface area contributed by atoms with Crippen molar-refractivity contribution in [3.63, 3.8) is 0 Å². The minimum atomic E-state index is 0.512. The molecule has 2 nitrogen and oxygen atoms in total. The van der Waals surface area contributed by atoms with E-state index in [4.69, 9.17) is 11.6 Å². The summed E-state index contributed by atoms with van der Waals surface area (Å²) < 4.78 is 0. The van der Waals surface area contributed by atoms with E-state index in [9.17, 15) is 0 Å². The molecule has 0 radical (unpaired) electrons. The second kappa shape index (κ2) is 5.29. The van der Waals surface area contributed by atoms with Gasteiger partial charge in [0.15, 0.2) is 0 Å². The second-order valence-corrected chi connectivity index (χ2v) is 4.61. The minimum absolute atomic E-state index is 0.512. The Morgan fingerprint density at radius 1 is 1.00 bits per heavy atom. The maximum absolute atomic E-state index is 5.85. The SMILES string of the molecule is ClCc1cccc(Nc2nccc3ccccc23)c1. The summed E-state index contributed by atoms with van der Waals surface area (Å²) >= 11 is 5.85. The van der Waals surface area contributed by atoms with Crippen molar-refractivity contribution in [1.29, 1.82) is 0 Å². The molecule has 3 heteroatoms. The van der Waals surface area contributed by atoms with E-state index < -0.39 is 0 Å². The van der Waals surface area contributed by atoms with Gasteiger partial charge in [0.25, 0.3) is 0 Å². The van der Waals surface area contributed by atoms with Crippen LogP contribution < -0.4 is 5.32 Å². The average Bonchev–Trinajstić information content (AvgIpc) is 2.48. The molecule has 0 saturated carbocycles. The van der Waals surface area contributed by atoms with E-state index in [0.29, 0.717) is 5.88 Å². The summed E-state index contributed by atoms with van der Waals surface area (Å²) in [6.45, 7) is 0. The Bertz CT molecular complexity index is 704. The van der Waals surface area contributed by atoms with Crippen LogP contribution >= 0.6 is 11.6 Å². The highest BCUT2D eigenvalue weighted by atomic mass is 35.5. The summed E-state index contributed by atoms with van der Waals surface area (Å²) in [6.07, 6.45) is 1.82. The van der Waals surface area contributed by atoms with Crippen LogP contribution in [-0.4, -0.2) is 4.98 Å². The first-order valence-electron chi connectivity index (χ1n) is 6.12. The third-order valence-electron chi connectivity index (χ3n) is 3.02. The highest BCUT2D eigenvalue weighted by Gasteiger charge is 2.02. The Morgan fingerprint density at radius 2 is 1.89 bits per heavy atom. The first kappa shape index (κ1) is 12.0. The highest BCUT2D eigenvalue weighted by Crippen LogP contribution is 2.24. The summed E-state index contributed by atoms with van der Waals surface area (Å²) in [5.41, 5.74) is 2.09. The summed E-state index contributed by atoms with van der Waals surface area (Å²) in [7, 11) is 0. The number of halogens is 1. The van der Waals surface area contributed by atoms with Crippen molar-refractivity contribution >= 4 is 33.9 Å². The number of pyridine rings is 1. The minimum Gasteiger partial charge on any atom is -0.340 e.